The Morgan fingerprint density at radius 1 is 1.21 bits per heavy atom. The number of amides is 2. The molecule has 19 heavy (non-hydrogen) atoms. The van der Waals surface area contributed by atoms with Gasteiger partial charge in [-0.15, -0.1) is 0 Å². The first-order valence-electron chi connectivity index (χ1n) is 6.69. The van der Waals surface area contributed by atoms with Crippen molar-refractivity contribution in [1.29, 1.82) is 0 Å². The van der Waals surface area contributed by atoms with E-state index in [1.165, 1.54) is 5.56 Å². The molecule has 0 bridgehead atoms. The summed E-state index contributed by atoms with van der Waals surface area (Å²) in [7, 11) is 0. The van der Waals surface area contributed by atoms with E-state index in [4.69, 9.17) is 0 Å². The molecule has 4 nitrogen and oxygen atoms in total. The van der Waals surface area contributed by atoms with Crippen LogP contribution >= 0.6 is 0 Å². The maximum absolute atomic E-state index is 11.9. The first kappa shape index (κ1) is 13.6. The third-order valence-corrected chi connectivity index (χ3v) is 3.42. The maximum Gasteiger partial charge on any atom is 0.242 e. The molecule has 1 aromatic rings. The lowest BCUT2D eigenvalue weighted by Crippen LogP contribution is -2.34. The van der Waals surface area contributed by atoms with E-state index in [1.807, 2.05) is 0 Å². The largest absolute Gasteiger partial charge is 0.347 e. The average Bonchev–Trinajstić information content (AvgIpc) is 2.55. The molecule has 0 saturated carbocycles. The second-order valence-electron chi connectivity index (χ2n) is 5.24. The summed E-state index contributed by atoms with van der Waals surface area (Å²) in [6, 6.07) is 8.32. The van der Waals surface area contributed by atoms with Gasteiger partial charge in [-0.3, -0.25) is 9.59 Å². The molecule has 1 fully saturated rings. The molecule has 0 spiro atoms. The van der Waals surface area contributed by atoms with E-state index >= 15 is 0 Å². The number of carbonyl (C=O) groups is 2. The zero-order valence-corrected chi connectivity index (χ0v) is 11.5. The van der Waals surface area contributed by atoms with Gasteiger partial charge in [0, 0.05) is 19.5 Å². The highest BCUT2D eigenvalue weighted by Gasteiger charge is 2.19. The van der Waals surface area contributed by atoms with Crippen molar-refractivity contribution in [3.8, 4) is 0 Å². The summed E-state index contributed by atoms with van der Waals surface area (Å²) < 4.78 is 0. The Balaban J connectivity index is 2.03. The van der Waals surface area contributed by atoms with E-state index in [-0.39, 0.29) is 18.4 Å². The van der Waals surface area contributed by atoms with Crippen LogP contribution in [0.3, 0.4) is 0 Å². The SMILES string of the molecule is CC(C)c1ccc(CN2CCC(=O)NCC2=O)cc1. The van der Waals surface area contributed by atoms with Crippen molar-refractivity contribution in [2.75, 3.05) is 13.1 Å². The fourth-order valence-corrected chi connectivity index (χ4v) is 2.13. The third kappa shape index (κ3) is 3.56. The number of nitrogens with one attached hydrogen (secondary N) is 1. The lowest BCUT2D eigenvalue weighted by atomic mass is 10.0. The van der Waals surface area contributed by atoms with Gasteiger partial charge in [0.05, 0.1) is 6.54 Å². The fraction of sp³-hybridized carbons (Fsp3) is 0.467. The molecule has 2 amide bonds. The Morgan fingerprint density at radius 3 is 2.53 bits per heavy atom. The molecular formula is C15H20N2O2. The van der Waals surface area contributed by atoms with Crippen LogP contribution in [0.4, 0.5) is 0 Å². The highest BCUT2D eigenvalue weighted by atomic mass is 16.2. The second-order valence-corrected chi connectivity index (χ2v) is 5.24. The minimum atomic E-state index is -0.0500. The average molecular weight is 260 g/mol. The van der Waals surface area contributed by atoms with E-state index in [2.05, 4.69) is 43.4 Å². The first-order chi connectivity index (χ1) is 9.06. The Hall–Kier alpha value is -1.84. The van der Waals surface area contributed by atoms with E-state index < -0.39 is 0 Å². The summed E-state index contributed by atoms with van der Waals surface area (Å²) in [6.07, 6.45) is 0.385. The molecule has 2 rings (SSSR count). The zero-order chi connectivity index (χ0) is 13.8. The molecular weight excluding hydrogens is 240 g/mol. The molecule has 4 heteroatoms. The standard InChI is InChI=1S/C15H20N2O2/c1-11(2)13-5-3-12(4-6-13)10-17-8-7-14(18)16-9-15(17)19/h3-6,11H,7-10H2,1-2H3,(H,16,18). The summed E-state index contributed by atoms with van der Waals surface area (Å²) in [4.78, 5) is 24.8. The van der Waals surface area contributed by atoms with Crippen LogP contribution in [0.1, 0.15) is 37.3 Å². The maximum atomic E-state index is 11.9. The number of carbonyl (C=O) groups excluding carboxylic acids is 2. The van der Waals surface area contributed by atoms with Gasteiger partial charge in [-0.05, 0) is 17.0 Å². The number of benzene rings is 1. The number of rotatable bonds is 3. The minimum Gasteiger partial charge on any atom is -0.347 e. The molecule has 0 aliphatic carbocycles. The first-order valence-corrected chi connectivity index (χ1v) is 6.69. The van der Waals surface area contributed by atoms with E-state index in [9.17, 15) is 9.59 Å². The summed E-state index contributed by atoms with van der Waals surface area (Å²) in [5.41, 5.74) is 2.40. The Morgan fingerprint density at radius 2 is 1.89 bits per heavy atom. The predicted molar refractivity (Wildman–Crippen MR) is 73.6 cm³/mol. The van der Waals surface area contributed by atoms with Crippen molar-refractivity contribution in [2.24, 2.45) is 0 Å². The summed E-state index contributed by atoms with van der Waals surface area (Å²) in [5, 5.41) is 2.60. The van der Waals surface area contributed by atoms with Gasteiger partial charge in [-0.25, -0.2) is 0 Å². The van der Waals surface area contributed by atoms with Crippen molar-refractivity contribution in [2.45, 2.75) is 32.7 Å². The minimum absolute atomic E-state index is 0.0150. The molecule has 0 atom stereocenters. The second kappa shape index (κ2) is 5.87. The lowest BCUT2D eigenvalue weighted by molar-refractivity contribution is -0.130. The van der Waals surface area contributed by atoms with Crippen LogP contribution in [0.25, 0.3) is 0 Å². The van der Waals surface area contributed by atoms with Crippen LogP contribution in [-0.2, 0) is 16.1 Å². The number of nitrogens with zero attached hydrogens (tertiary/aromatic N) is 1. The van der Waals surface area contributed by atoms with Crippen LogP contribution in [0.15, 0.2) is 24.3 Å². The number of hydrogen-bond acceptors (Lipinski definition) is 2. The summed E-state index contributed by atoms with van der Waals surface area (Å²) in [5.74, 6) is 0.445. The Bertz CT molecular complexity index is 466. The quantitative estimate of drug-likeness (QED) is 0.898. The van der Waals surface area contributed by atoms with Gasteiger partial charge in [0.2, 0.25) is 11.8 Å². The van der Waals surface area contributed by atoms with Gasteiger partial charge in [0.15, 0.2) is 0 Å². The molecule has 0 radical (unpaired) electrons. The Labute approximate surface area is 113 Å². The molecule has 1 aromatic carbocycles. The normalized spacial score (nSPS) is 16.5. The molecule has 0 aromatic heterocycles. The van der Waals surface area contributed by atoms with Gasteiger partial charge < -0.3 is 10.2 Å². The molecule has 0 unspecified atom stereocenters. The monoisotopic (exact) mass is 260 g/mol. The molecule has 1 heterocycles. The van der Waals surface area contributed by atoms with Gasteiger partial charge in [0.1, 0.15) is 0 Å². The van der Waals surface area contributed by atoms with Crippen molar-refractivity contribution in [3.63, 3.8) is 0 Å². The van der Waals surface area contributed by atoms with Crippen LogP contribution in [0.2, 0.25) is 0 Å². The van der Waals surface area contributed by atoms with Crippen LogP contribution in [0, 0.1) is 0 Å². The highest BCUT2D eigenvalue weighted by molar-refractivity contribution is 5.87. The van der Waals surface area contributed by atoms with Crippen molar-refractivity contribution >= 4 is 11.8 Å². The third-order valence-electron chi connectivity index (χ3n) is 3.42. The smallest absolute Gasteiger partial charge is 0.242 e. The molecule has 102 valence electrons. The van der Waals surface area contributed by atoms with Gasteiger partial charge in [-0.2, -0.15) is 0 Å². The molecule has 1 N–H and O–H groups in total. The predicted octanol–water partition coefficient (Wildman–Crippen LogP) is 1.66. The van der Waals surface area contributed by atoms with Crippen molar-refractivity contribution < 1.29 is 9.59 Å². The zero-order valence-electron chi connectivity index (χ0n) is 11.5. The molecule has 1 aliphatic heterocycles. The highest BCUT2D eigenvalue weighted by Crippen LogP contribution is 2.16. The fourth-order valence-electron chi connectivity index (χ4n) is 2.13. The van der Waals surface area contributed by atoms with E-state index in [0.717, 1.165) is 5.56 Å². The summed E-state index contributed by atoms with van der Waals surface area (Å²) in [6.45, 7) is 5.50. The van der Waals surface area contributed by atoms with Crippen LogP contribution < -0.4 is 5.32 Å². The van der Waals surface area contributed by atoms with Gasteiger partial charge >= 0.3 is 0 Å². The Kier molecular flexibility index (Phi) is 4.20. The van der Waals surface area contributed by atoms with E-state index in [0.29, 0.717) is 25.4 Å². The van der Waals surface area contributed by atoms with Crippen molar-refractivity contribution in [1.82, 2.24) is 10.2 Å². The molecule has 1 saturated heterocycles. The molecule has 1 aliphatic rings. The van der Waals surface area contributed by atoms with Gasteiger partial charge in [0.25, 0.3) is 0 Å². The lowest BCUT2D eigenvalue weighted by Gasteiger charge is -2.20. The van der Waals surface area contributed by atoms with Crippen LogP contribution in [-0.4, -0.2) is 29.8 Å². The van der Waals surface area contributed by atoms with Crippen LogP contribution in [0.5, 0.6) is 0 Å². The number of hydrogen-bond donors (Lipinski definition) is 1. The van der Waals surface area contributed by atoms with Crippen molar-refractivity contribution in [3.05, 3.63) is 35.4 Å². The van der Waals surface area contributed by atoms with Gasteiger partial charge in [-0.1, -0.05) is 38.1 Å². The summed E-state index contributed by atoms with van der Waals surface area (Å²) >= 11 is 0. The van der Waals surface area contributed by atoms with E-state index in [1.54, 1.807) is 4.90 Å². The topological polar surface area (TPSA) is 49.4 Å².